The van der Waals surface area contributed by atoms with Crippen LogP contribution in [-0.4, -0.2) is 21.1 Å². The first-order valence-corrected chi connectivity index (χ1v) is 8.19. The summed E-state index contributed by atoms with van der Waals surface area (Å²) >= 11 is 1.49. The maximum absolute atomic E-state index is 12.6. The largest absolute Gasteiger partial charge is 0.322 e. The molecule has 1 heterocycles. The number of terminal acetylenes is 1. The number of rotatable bonds is 5. The van der Waals surface area contributed by atoms with Gasteiger partial charge in [-0.1, -0.05) is 41.9 Å². The van der Waals surface area contributed by atoms with E-state index in [0.29, 0.717) is 22.2 Å². The van der Waals surface area contributed by atoms with Gasteiger partial charge in [0.25, 0.3) is 5.91 Å². The molecule has 0 unspecified atom stereocenters. The molecule has 24 heavy (non-hydrogen) atoms. The number of amides is 1. The number of aromatic nitrogens is 3. The molecule has 5 nitrogen and oxygen atoms in total. The molecule has 1 aromatic heterocycles. The number of carbonyl (C=O) groups excluding carboxylic acids is 1. The van der Waals surface area contributed by atoms with E-state index >= 15 is 0 Å². The highest BCUT2D eigenvalue weighted by Crippen LogP contribution is 2.22. The Bertz CT molecular complexity index is 884. The molecule has 0 atom stereocenters. The number of nitrogens with zero attached hydrogens (tertiary/aromatic N) is 2. The molecule has 0 aliphatic rings. The molecule has 0 saturated carbocycles. The summed E-state index contributed by atoms with van der Waals surface area (Å²) in [5.41, 5.74) is 2.94. The molecular formula is C18H14N4OS. The molecule has 0 fully saturated rings. The number of H-pyrrole nitrogens is 1. The lowest BCUT2D eigenvalue weighted by Crippen LogP contribution is -2.14. The van der Waals surface area contributed by atoms with E-state index in [2.05, 4.69) is 26.4 Å². The Labute approximate surface area is 143 Å². The average molecular weight is 334 g/mol. The molecule has 1 amide bonds. The second-order valence-electron chi connectivity index (χ2n) is 4.92. The van der Waals surface area contributed by atoms with E-state index in [1.54, 1.807) is 12.1 Å². The van der Waals surface area contributed by atoms with Gasteiger partial charge >= 0.3 is 0 Å². The van der Waals surface area contributed by atoms with Crippen LogP contribution in [0.1, 0.15) is 21.5 Å². The summed E-state index contributed by atoms with van der Waals surface area (Å²) in [6.07, 6.45) is 6.85. The minimum absolute atomic E-state index is 0.169. The van der Waals surface area contributed by atoms with Crippen molar-refractivity contribution in [2.75, 3.05) is 5.32 Å². The number of thioether (sulfide) groups is 1. The van der Waals surface area contributed by atoms with E-state index in [1.807, 2.05) is 36.4 Å². The Morgan fingerprint density at radius 3 is 2.92 bits per heavy atom. The van der Waals surface area contributed by atoms with Crippen molar-refractivity contribution in [3.05, 3.63) is 71.5 Å². The molecule has 118 valence electrons. The van der Waals surface area contributed by atoms with Crippen molar-refractivity contribution < 1.29 is 4.79 Å². The Morgan fingerprint density at radius 2 is 2.12 bits per heavy atom. The predicted molar refractivity (Wildman–Crippen MR) is 94.7 cm³/mol. The van der Waals surface area contributed by atoms with Crippen LogP contribution in [0.15, 0.2) is 60.0 Å². The van der Waals surface area contributed by atoms with Crippen molar-refractivity contribution in [1.29, 1.82) is 0 Å². The molecule has 0 radical (unpaired) electrons. The van der Waals surface area contributed by atoms with Crippen LogP contribution in [-0.2, 0) is 5.75 Å². The molecule has 0 bridgehead atoms. The van der Waals surface area contributed by atoms with E-state index in [0.717, 1.165) is 11.1 Å². The molecule has 3 aromatic rings. The molecule has 6 heteroatoms. The summed E-state index contributed by atoms with van der Waals surface area (Å²) in [6, 6.07) is 14.7. The van der Waals surface area contributed by atoms with Gasteiger partial charge in [0.05, 0.1) is 0 Å². The maximum Gasteiger partial charge on any atom is 0.255 e. The van der Waals surface area contributed by atoms with Crippen LogP contribution in [0.25, 0.3) is 0 Å². The lowest BCUT2D eigenvalue weighted by molar-refractivity contribution is 0.102. The second kappa shape index (κ2) is 7.49. The SMILES string of the molecule is C#Cc1cccc(NC(=O)c2ccccc2CSc2ncn[nH]2)c1. The average Bonchev–Trinajstić information content (AvgIpc) is 3.14. The number of aromatic amines is 1. The minimum Gasteiger partial charge on any atom is -0.322 e. The zero-order chi connectivity index (χ0) is 16.8. The van der Waals surface area contributed by atoms with Gasteiger partial charge in [0.1, 0.15) is 6.33 Å². The summed E-state index contributed by atoms with van der Waals surface area (Å²) in [6.45, 7) is 0. The second-order valence-corrected chi connectivity index (χ2v) is 5.88. The van der Waals surface area contributed by atoms with Gasteiger partial charge in [-0.25, -0.2) is 4.98 Å². The molecule has 3 rings (SSSR count). The standard InChI is InChI=1S/C18H14N4OS/c1-2-13-6-5-8-15(10-13)21-17(23)16-9-4-3-7-14(16)11-24-18-19-12-20-22-18/h1,3-10,12H,11H2,(H,21,23)(H,19,20,22). The van der Waals surface area contributed by atoms with Crippen molar-refractivity contribution in [1.82, 2.24) is 15.2 Å². The van der Waals surface area contributed by atoms with Gasteiger partial charge in [-0.2, -0.15) is 5.10 Å². The maximum atomic E-state index is 12.6. The van der Waals surface area contributed by atoms with Crippen LogP contribution in [0, 0.1) is 12.3 Å². The van der Waals surface area contributed by atoms with Gasteiger partial charge in [0.2, 0.25) is 0 Å². The molecule has 0 spiro atoms. The summed E-state index contributed by atoms with van der Waals surface area (Å²) in [4.78, 5) is 16.7. The topological polar surface area (TPSA) is 70.7 Å². The number of carbonyl (C=O) groups is 1. The van der Waals surface area contributed by atoms with Gasteiger partial charge in [0, 0.05) is 22.6 Å². The summed E-state index contributed by atoms with van der Waals surface area (Å²) in [5.74, 6) is 3.00. The monoisotopic (exact) mass is 334 g/mol. The van der Waals surface area contributed by atoms with Crippen LogP contribution in [0.4, 0.5) is 5.69 Å². The highest BCUT2D eigenvalue weighted by atomic mass is 32.2. The third kappa shape index (κ3) is 3.83. The normalized spacial score (nSPS) is 10.1. The van der Waals surface area contributed by atoms with Crippen LogP contribution < -0.4 is 5.32 Å². The zero-order valence-electron chi connectivity index (χ0n) is 12.7. The molecule has 0 aliphatic heterocycles. The van der Waals surface area contributed by atoms with Gasteiger partial charge in [-0.05, 0) is 29.8 Å². The smallest absolute Gasteiger partial charge is 0.255 e. The fraction of sp³-hybridized carbons (Fsp3) is 0.0556. The van der Waals surface area contributed by atoms with Crippen molar-refractivity contribution >= 4 is 23.4 Å². The van der Waals surface area contributed by atoms with Crippen molar-refractivity contribution in [3.8, 4) is 12.3 Å². The van der Waals surface area contributed by atoms with Crippen LogP contribution in [0.3, 0.4) is 0 Å². The third-order valence-corrected chi connectivity index (χ3v) is 4.23. The fourth-order valence-corrected chi connectivity index (χ4v) is 2.95. The summed E-state index contributed by atoms with van der Waals surface area (Å²) in [5, 5.41) is 10.2. The summed E-state index contributed by atoms with van der Waals surface area (Å²) < 4.78 is 0. The highest BCUT2D eigenvalue weighted by Gasteiger charge is 2.12. The molecule has 2 aromatic carbocycles. The predicted octanol–water partition coefficient (Wildman–Crippen LogP) is 3.33. The first-order valence-electron chi connectivity index (χ1n) is 7.20. The number of nitrogens with one attached hydrogen (secondary N) is 2. The van der Waals surface area contributed by atoms with Crippen molar-refractivity contribution in [2.24, 2.45) is 0 Å². The Morgan fingerprint density at radius 1 is 1.25 bits per heavy atom. The van der Waals surface area contributed by atoms with E-state index in [4.69, 9.17) is 6.42 Å². The van der Waals surface area contributed by atoms with Crippen molar-refractivity contribution in [2.45, 2.75) is 10.9 Å². The van der Waals surface area contributed by atoms with Gasteiger partial charge in [-0.3, -0.25) is 9.89 Å². The molecular weight excluding hydrogens is 320 g/mol. The molecule has 0 saturated heterocycles. The van der Waals surface area contributed by atoms with Crippen LogP contribution in [0.5, 0.6) is 0 Å². The Hall–Kier alpha value is -3.04. The van der Waals surface area contributed by atoms with E-state index < -0.39 is 0 Å². The fourth-order valence-electron chi connectivity index (χ4n) is 2.16. The van der Waals surface area contributed by atoms with Crippen LogP contribution >= 0.6 is 11.8 Å². The third-order valence-electron chi connectivity index (χ3n) is 3.31. The van der Waals surface area contributed by atoms with E-state index in [9.17, 15) is 4.79 Å². The zero-order valence-corrected chi connectivity index (χ0v) is 13.5. The van der Waals surface area contributed by atoms with Gasteiger partial charge in [0.15, 0.2) is 5.16 Å². The summed E-state index contributed by atoms with van der Waals surface area (Å²) in [7, 11) is 0. The first kappa shape index (κ1) is 15.8. The Balaban J connectivity index is 1.75. The number of hydrogen-bond acceptors (Lipinski definition) is 4. The van der Waals surface area contributed by atoms with E-state index in [1.165, 1.54) is 18.1 Å². The number of hydrogen-bond donors (Lipinski definition) is 2. The number of benzene rings is 2. The lowest BCUT2D eigenvalue weighted by atomic mass is 10.1. The Kier molecular flexibility index (Phi) is 4.94. The number of anilines is 1. The van der Waals surface area contributed by atoms with Crippen LogP contribution in [0.2, 0.25) is 0 Å². The lowest BCUT2D eigenvalue weighted by Gasteiger charge is -2.10. The van der Waals surface area contributed by atoms with Crippen molar-refractivity contribution in [3.63, 3.8) is 0 Å². The molecule has 0 aliphatic carbocycles. The quantitative estimate of drug-likeness (QED) is 0.555. The minimum atomic E-state index is -0.169. The van der Waals surface area contributed by atoms with E-state index in [-0.39, 0.29) is 5.91 Å². The van der Waals surface area contributed by atoms with Gasteiger partial charge in [-0.15, -0.1) is 6.42 Å². The van der Waals surface area contributed by atoms with Gasteiger partial charge < -0.3 is 5.32 Å². The molecule has 2 N–H and O–H groups in total. The highest BCUT2D eigenvalue weighted by molar-refractivity contribution is 7.98. The first-order chi connectivity index (χ1) is 11.8.